The standard InChI is InChI=1S/C27H24ClN3O2/c28-20-10-7-11-23(18-20)31-26(32)24(19-8-3-1-4-9-19)25(27(31)33)29-21-12-14-22(15-13-21)30-16-5-2-6-17-30/h1,3-4,7-15,18,29H,2,5-6,16-17H2. The maximum absolute atomic E-state index is 13.5. The number of nitrogens with one attached hydrogen (secondary N) is 1. The number of carbonyl (C=O) groups is 2. The molecule has 5 nitrogen and oxygen atoms in total. The molecule has 0 unspecified atom stereocenters. The van der Waals surface area contributed by atoms with Gasteiger partial charge >= 0.3 is 0 Å². The van der Waals surface area contributed by atoms with E-state index in [0.29, 0.717) is 21.8 Å². The predicted molar refractivity (Wildman–Crippen MR) is 133 cm³/mol. The van der Waals surface area contributed by atoms with Gasteiger partial charge in [0.1, 0.15) is 5.70 Å². The van der Waals surface area contributed by atoms with Crippen LogP contribution in [0, 0.1) is 0 Å². The van der Waals surface area contributed by atoms with Crippen molar-refractivity contribution in [1.82, 2.24) is 0 Å². The van der Waals surface area contributed by atoms with Crippen molar-refractivity contribution < 1.29 is 9.59 Å². The minimum atomic E-state index is -0.402. The third-order valence-electron chi connectivity index (χ3n) is 6.07. The molecule has 2 aliphatic heterocycles. The Kier molecular flexibility index (Phi) is 5.88. The summed E-state index contributed by atoms with van der Waals surface area (Å²) in [7, 11) is 0. The summed E-state index contributed by atoms with van der Waals surface area (Å²) in [5, 5.41) is 3.69. The van der Waals surface area contributed by atoms with Gasteiger partial charge in [0.05, 0.1) is 11.3 Å². The van der Waals surface area contributed by atoms with Crippen LogP contribution in [0.3, 0.4) is 0 Å². The lowest BCUT2D eigenvalue weighted by molar-refractivity contribution is -0.120. The van der Waals surface area contributed by atoms with Gasteiger partial charge in [0.15, 0.2) is 0 Å². The SMILES string of the molecule is O=C1C(Nc2ccc(N3CCCCC3)cc2)=C(c2ccccc2)C(=O)N1c1cccc(Cl)c1. The quantitative estimate of drug-likeness (QED) is 0.497. The van der Waals surface area contributed by atoms with Crippen LogP contribution in [-0.2, 0) is 9.59 Å². The molecule has 2 aliphatic rings. The van der Waals surface area contributed by atoms with Crippen molar-refractivity contribution in [1.29, 1.82) is 0 Å². The third kappa shape index (κ3) is 4.24. The number of hydrogen-bond donors (Lipinski definition) is 1. The van der Waals surface area contributed by atoms with Crippen LogP contribution in [0.5, 0.6) is 0 Å². The Hall–Kier alpha value is -3.57. The van der Waals surface area contributed by atoms with Gasteiger partial charge in [-0.2, -0.15) is 0 Å². The van der Waals surface area contributed by atoms with Crippen molar-refractivity contribution in [2.24, 2.45) is 0 Å². The summed E-state index contributed by atoms with van der Waals surface area (Å²) in [5.41, 5.74) is 3.67. The van der Waals surface area contributed by atoms with E-state index in [-0.39, 0.29) is 11.6 Å². The molecular weight excluding hydrogens is 434 g/mol. The van der Waals surface area contributed by atoms with Gasteiger partial charge in [-0.15, -0.1) is 0 Å². The van der Waals surface area contributed by atoms with Crippen molar-refractivity contribution >= 4 is 46.1 Å². The fourth-order valence-electron chi connectivity index (χ4n) is 4.42. The maximum Gasteiger partial charge on any atom is 0.282 e. The normalized spacial score (nSPS) is 16.5. The van der Waals surface area contributed by atoms with Crippen LogP contribution in [0.1, 0.15) is 24.8 Å². The van der Waals surface area contributed by atoms with Gasteiger partial charge in [0.2, 0.25) is 0 Å². The van der Waals surface area contributed by atoms with Crippen LogP contribution in [0.15, 0.2) is 84.6 Å². The van der Waals surface area contributed by atoms with Gasteiger partial charge in [-0.05, 0) is 67.3 Å². The van der Waals surface area contributed by atoms with Gasteiger partial charge in [-0.25, -0.2) is 4.90 Å². The largest absolute Gasteiger partial charge is 0.372 e. The second-order valence-corrected chi connectivity index (χ2v) is 8.70. The molecule has 0 atom stereocenters. The molecule has 166 valence electrons. The molecule has 0 bridgehead atoms. The Morgan fingerprint density at radius 1 is 0.727 bits per heavy atom. The number of carbonyl (C=O) groups excluding carboxylic acids is 2. The fraction of sp³-hybridized carbons (Fsp3) is 0.185. The average molecular weight is 458 g/mol. The second-order valence-electron chi connectivity index (χ2n) is 8.26. The zero-order valence-corrected chi connectivity index (χ0v) is 18.9. The van der Waals surface area contributed by atoms with Crippen molar-refractivity contribution in [2.75, 3.05) is 28.2 Å². The summed E-state index contributed by atoms with van der Waals surface area (Å²) in [6.07, 6.45) is 3.71. The predicted octanol–water partition coefficient (Wildman–Crippen LogP) is 5.73. The summed E-state index contributed by atoms with van der Waals surface area (Å²) < 4.78 is 0. The monoisotopic (exact) mass is 457 g/mol. The van der Waals surface area contributed by atoms with Crippen molar-refractivity contribution in [3.05, 3.63) is 95.1 Å². The minimum Gasteiger partial charge on any atom is -0.372 e. The molecule has 3 aromatic carbocycles. The van der Waals surface area contributed by atoms with E-state index in [2.05, 4.69) is 22.3 Å². The summed E-state index contributed by atoms with van der Waals surface area (Å²) in [5.74, 6) is -0.776. The molecule has 5 rings (SSSR count). The number of halogens is 1. The van der Waals surface area contributed by atoms with Crippen LogP contribution in [0.25, 0.3) is 5.57 Å². The summed E-state index contributed by atoms with van der Waals surface area (Å²) in [4.78, 5) is 30.5. The maximum atomic E-state index is 13.5. The molecular formula is C27H24ClN3O2. The molecule has 0 saturated carbocycles. The molecule has 0 spiro atoms. The molecule has 6 heteroatoms. The van der Waals surface area contributed by atoms with E-state index >= 15 is 0 Å². The molecule has 33 heavy (non-hydrogen) atoms. The van der Waals surface area contributed by atoms with E-state index in [9.17, 15) is 9.59 Å². The smallest absolute Gasteiger partial charge is 0.282 e. The summed E-state index contributed by atoms with van der Waals surface area (Å²) >= 11 is 6.13. The van der Waals surface area contributed by atoms with Crippen LogP contribution >= 0.6 is 11.6 Å². The van der Waals surface area contributed by atoms with E-state index in [1.165, 1.54) is 29.8 Å². The van der Waals surface area contributed by atoms with Crippen LogP contribution in [-0.4, -0.2) is 24.9 Å². The van der Waals surface area contributed by atoms with Gasteiger partial charge in [-0.1, -0.05) is 48.0 Å². The zero-order valence-electron chi connectivity index (χ0n) is 18.1. The highest BCUT2D eigenvalue weighted by atomic mass is 35.5. The number of anilines is 3. The van der Waals surface area contributed by atoms with Crippen molar-refractivity contribution in [3.8, 4) is 0 Å². The molecule has 0 aliphatic carbocycles. The average Bonchev–Trinajstić information content (AvgIpc) is 3.09. The fourth-order valence-corrected chi connectivity index (χ4v) is 4.60. The van der Waals surface area contributed by atoms with E-state index in [1.807, 2.05) is 42.5 Å². The summed E-state index contributed by atoms with van der Waals surface area (Å²) in [6, 6.07) is 24.1. The Morgan fingerprint density at radius 3 is 2.15 bits per heavy atom. The van der Waals surface area contributed by atoms with Crippen LogP contribution in [0.4, 0.5) is 17.1 Å². The van der Waals surface area contributed by atoms with Gasteiger partial charge in [0.25, 0.3) is 11.8 Å². The Morgan fingerprint density at radius 2 is 1.45 bits per heavy atom. The van der Waals surface area contributed by atoms with E-state index in [1.54, 1.807) is 24.3 Å². The van der Waals surface area contributed by atoms with Gasteiger partial charge in [0, 0.05) is 29.5 Å². The first-order valence-electron chi connectivity index (χ1n) is 11.2. The second kappa shape index (κ2) is 9.12. The highest BCUT2D eigenvalue weighted by Gasteiger charge is 2.40. The third-order valence-corrected chi connectivity index (χ3v) is 6.31. The number of amides is 2. The molecule has 1 saturated heterocycles. The van der Waals surface area contributed by atoms with E-state index in [0.717, 1.165) is 18.8 Å². The van der Waals surface area contributed by atoms with Crippen LogP contribution in [0.2, 0.25) is 5.02 Å². The molecule has 0 radical (unpaired) electrons. The molecule has 2 heterocycles. The first-order chi connectivity index (χ1) is 16.1. The molecule has 0 aromatic heterocycles. The number of nitrogens with zero attached hydrogens (tertiary/aromatic N) is 2. The number of benzene rings is 3. The van der Waals surface area contributed by atoms with Crippen molar-refractivity contribution in [3.63, 3.8) is 0 Å². The molecule has 2 amide bonds. The lowest BCUT2D eigenvalue weighted by Gasteiger charge is -2.28. The first kappa shape index (κ1) is 21.3. The molecule has 3 aromatic rings. The van der Waals surface area contributed by atoms with E-state index < -0.39 is 5.91 Å². The number of hydrogen-bond acceptors (Lipinski definition) is 4. The lowest BCUT2D eigenvalue weighted by Crippen LogP contribution is -2.32. The highest BCUT2D eigenvalue weighted by Crippen LogP contribution is 2.34. The van der Waals surface area contributed by atoms with E-state index in [4.69, 9.17) is 11.6 Å². The molecule has 1 N–H and O–H groups in total. The van der Waals surface area contributed by atoms with Crippen LogP contribution < -0.4 is 15.1 Å². The van der Waals surface area contributed by atoms with Gasteiger partial charge < -0.3 is 10.2 Å². The number of piperidine rings is 1. The Labute approximate surface area is 198 Å². The highest BCUT2D eigenvalue weighted by molar-refractivity contribution is 6.46. The zero-order chi connectivity index (χ0) is 22.8. The van der Waals surface area contributed by atoms with Gasteiger partial charge in [-0.3, -0.25) is 9.59 Å². The minimum absolute atomic E-state index is 0.261. The summed E-state index contributed by atoms with van der Waals surface area (Å²) in [6.45, 7) is 2.13. The van der Waals surface area contributed by atoms with Crippen molar-refractivity contribution in [2.45, 2.75) is 19.3 Å². The Bertz CT molecular complexity index is 1220. The molecule has 1 fully saturated rings. The first-order valence-corrected chi connectivity index (χ1v) is 11.6. The lowest BCUT2D eigenvalue weighted by atomic mass is 10.0. The number of imide groups is 1. The topological polar surface area (TPSA) is 52.7 Å². The number of rotatable bonds is 5. The Balaban J connectivity index is 1.49.